The molecule has 5 nitrogen and oxygen atoms in total. The predicted molar refractivity (Wildman–Crippen MR) is 126 cm³/mol. The molecule has 1 aliphatic rings. The number of rotatable bonds is 6. The smallest absolute Gasteiger partial charge is 0.305 e. The molecule has 0 unspecified atom stereocenters. The summed E-state index contributed by atoms with van der Waals surface area (Å²) in [5, 5.41) is 0. The van der Waals surface area contributed by atoms with Crippen molar-refractivity contribution in [2.75, 3.05) is 7.11 Å². The molecule has 2 aromatic carbocycles. The van der Waals surface area contributed by atoms with Crippen molar-refractivity contribution in [3.05, 3.63) is 84.1 Å². The van der Waals surface area contributed by atoms with Gasteiger partial charge in [0.05, 0.1) is 18.5 Å². The number of carbonyl (C=O) groups is 1. The summed E-state index contributed by atoms with van der Waals surface area (Å²) in [6.45, 7) is 0. The number of hydrogen-bond acceptors (Lipinski definition) is 4. The number of methoxy groups -OCH3 is 1. The summed E-state index contributed by atoms with van der Waals surface area (Å²) in [4.78, 5) is 16.6. The van der Waals surface area contributed by atoms with E-state index in [4.69, 9.17) is 15.5 Å². The number of esters is 1. The summed E-state index contributed by atoms with van der Waals surface area (Å²) in [5.41, 5.74) is 13.6. The summed E-state index contributed by atoms with van der Waals surface area (Å²) in [6, 6.07) is 23.0. The summed E-state index contributed by atoms with van der Waals surface area (Å²) in [5.74, 6) is -0.205. The van der Waals surface area contributed by atoms with Crippen LogP contribution in [0.25, 0.3) is 28.2 Å². The van der Waals surface area contributed by atoms with Crippen molar-refractivity contribution in [1.29, 1.82) is 0 Å². The van der Waals surface area contributed by atoms with Crippen LogP contribution < -0.4 is 5.73 Å². The molecule has 5 heteroatoms. The third-order valence-corrected chi connectivity index (χ3v) is 6.56. The number of carbonyl (C=O) groups excluding carboxylic acids is 1. The molecule has 5 rings (SSSR count). The van der Waals surface area contributed by atoms with Gasteiger partial charge in [-0.25, -0.2) is 4.98 Å². The van der Waals surface area contributed by atoms with Gasteiger partial charge in [-0.1, -0.05) is 54.6 Å². The fourth-order valence-electron chi connectivity index (χ4n) is 4.47. The predicted octanol–water partition coefficient (Wildman–Crippen LogP) is 5.11. The molecule has 2 heterocycles. The van der Waals surface area contributed by atoms with Crippen LogP contribution in [0.5, 0.6) is 0 Å². The van der Waals surface area contributed by atoms with Crippen molar-refractivity contribution < 1.29 is 9.53 Å². The maximum Gasteiger partial charge on any atom is 0.305 e. The van der Waals surface area contributed by atoms with E-state index in [1.807, 2.05) is 30.5 Å². The summed E-state index contributed by atoms with van der Waals surface area (Å²) in [7, 11) is 1.42. The van der Waals surface area contributed by atoms with E-state index in [2.05, 4.69) is 46.9 Å². The molecule has 0 spiro atoms. The fourth-order valence-corrected chi connectivity index (χ4v) is 4.47. The van der Waals surface area contributed by atoms with Crippen LogP contribution in [0.3, 0.4) is 0 Å². The molecule has 1 saturated carbocycles. The Hall–Kier alpha value is -3.44. The van der Waals surface area contributed by atoms with Gasteiger partial charge in [-0.2, -0.15) is 0 Å². The highest BCUT2D eigenvalue weighted by molar-refractivity contribution is 5.82. The maximum absolute atomic E-state index is 11.5. The molecule has 0 bridgehead atoms. The van der Waals surface area contributed by atoms with Crippen molar-refractivity contribution in [3.63, 3.8) is 0 Å². The third kappa shape index (κ3) is 3.69. The quantitative estimate of drug-likeness (QED) is 0.436. The molecule has 2 N–H and O–H groups in total. The van der Waals surface area contributed by atoms with Crippen molar-refractivity contribution >= 4 is 11.6 Å². The first-order chi connectivity index (χ1) is 15.6. The van der Waals surface area contributed by atoms with Gasteiger partial charge in [0, 0.05) is 29.3 Å². The van der Waals surface area contributed by atoms with Crippen molar-refractivity contribution in [2.45, 2.75) is 37.6 Å². The summed E-state index contributed by atoms with van der Waals surface area (Å²) in [6.07, 6.45) is 6.31. The monoisotopic (exact) mass is 425 g/mol. The van der Waals surface area contributed by atoms with Crippen LogP contribution in [0.15, 0.2) is 72.9 Å². The van der Waals surface area contributed by atoms with Crippen LogP contribution in [0.4, 0.5) is 0 Å². The Bertz CT molecular complexity index is 1260. The molecule has 0 radical (unpaired) electrons. The van der Waals surface area contributed by atoms with Gasteiger partial charge >= 0.3 is 5.97 Å². The SMILES string of the molecule is COC(=O)CCc1ccn2c(-c3ccccc3)c(-c3ccc(C4(N)CCC4)cc3)nc2c1. The number of benzene rings is 2. The molecule has 1 fully saturated rings. The molecule has 32 heavy (non-hydrogen) atoms. The second kappa shape index (κ2) is 8.24. The molecule has 162 valence electrons. The van der Waals surface area contributed by atoms with Gasteiger partial charge in [-0.3, -0.25) is 9.20 Å². The molecule has 0 saturated heterocycles. The number of aromatic nitrogens is 2. The molecule has 2 aromatic heterocycles. The van der Waals surface area contributed by atoms with Gasteiger partial charge in [-0.05, 0) is 48.9 Å². The first-order valence-electron chi connectivity index (χ1n) is 11.1. The van der Waals surface area contributed by atoms with Crippen molar-refractivity contribution in [3.8, 4) is 22.5 Å². The molecular weight excluding hydrogens is 398 g/mol. The van der Waals surface area contributed by atoms with E-state index in [1.54, 1.807) is 0 Å². The van der Waals surface area contributed by atoms with Crippen LogP contribution in [-0.4, -0.2) is 22.5 Å². The van der Waals surface area contributed by atoms with Crippen molar-refractivity contribution in [2.24, 2.45) is 5.73 Å². The number of imidazole rings is 1. The van der Waals surface area contributed by atoms with E-state index in [9.17, 15) is 4.79 Å². The second-order valence-corrected chi connectivity index (χ2v) is 8.60. The Morgan fingerprint density at radius 1 is 1.06 bits per heavy atom. The number of fused-ring (bicyclic) bond motifs is 1. The number of nitrogens with zero attached hydrogens (tertiary/aromatic N) is 2. The lowest BCUT2D eigenvalue weighted by Gasteiger charge is -2.38. The number of aryl methyl sites for hydroxylation is 1. The molecule has 1 aliphatic carbocycles. The fraction of sp³-hybridized carbons (Fsp3) is 0.259. The first-order valence-corrected chi connectivity index (χ1v) is 11.1. The zero-order chi connectivity index (χ0) is 22.1. The van der Waals surface area contributed by atoms with E-state index in [0.29, 0.717) is 12.8 Å². The number of nitrogens with two attached hydrogens (primary N) is 1. The van der Waals surface area contributed by atoms with E-state index >= 15 is 0 Å². The van der Waals surface area contributed by atoms with Crippen LogP contribution in [0.2, 0.25) is 0 Å². The van der Waals surface area contributed by atoms with Gasteiger partial charge < -0.3 is 10.5 Å². The first kappa shape index (κ1) is 20.5. The van der Waals surface area contributed by atoms with Gasteiger partial charge in [-0.15, -0.1) is 0 Å². The lowest BCUT2D eigenvalue weighted by Crippen LogP contribution is -2.43. The Kier molecular flexibility index (Phi) is 5.27. The van der Waals surface area contributed by atoms with Gasteiger partial charge in [0.1, 0.15) is 5.65 Å². The number of ether oxygens (including phenoxy) is 1. The molecule has 0 amide bonds. The minimum atomic E-state index is -0.205. The zero-order valence-corrected chi connectivity index (χ0v) is 18.3. The lowest BCUT2D eigenvalue weighted by atomic mass is 9.72. The highest BCUT2D eigenvalue weighted by Gasteiger charge is 2.34. The second-order valence-electron chi connectivity index (χ2n) is 8.60. The van der Waals surface area contributed by atoms with E-state index in [1.165, 1.54) is 19.1 Å². The highest BCUT2D eigenvalue weighted by Crippen LogP contribution is 2.40. The van der Waals surface area contributed by atoms with Gasteiger partial charge in [0.15, 0.2) is 0 Å². The van der Waals surface area contributed by atoms with Crippen LogP contribution in [0, 0.1) is 0 Å². The molecule has 4 aromatic rings. The summed E-state index contributed by atoms with van der Waals surface area (Å²) < 4.78 is 6.90. The third-order valence-electron chi connectivity index (χ3n) is 6.56. The largest absolute Gasteiger partial charge is 0.469 e. The zero-order valence-electron chi connectivity index (χ0n) is 18.3. The Balaban J connectivity index is 1.58. The highest BCUT2D eigenvalue weighted by atomic mass is 16.5. The van der Waals surface area contributed by atoms with Gasteiger partial charge in [0.2, 0.25) is 0 Å². The van der Waals surface area contributed by atoms with Crippen LogP contribution in [-0.2, 0) is 21.5 Å². The Labute approximate surface area is 187 Å². The van der Waals surface area contributed by atoms with Crippen LogP contribution in [0.1, 0.15) is 36.8 Å². The topological polar surface area (TPSA) is 69.6 Å². The Morgan fingerprint density at radius 3 is 2.47 bits per heavy atom. The average molecular weight is 426 g/mol. The van der Waals surface area contributed by atoms with Gasteiger partial charge in [0.25, 0.3) is 0 Å². The van der Waals surface area contributed by atoms with E-state index in [0.717, 1.165) is 46.6 Å². The summed E-state index contributed by atoms with van der Waals surface area (Å²) >= 11 is 0. The van der Waals surface area contributed by atoms with E-state index < -0.39 is 0 Å². The minimum Gasteiger partial charge on any atom is -0.469 e. The molecular formula is C27H27N3O2. The molecule has 0 atom stereocenters. The lowest BCUT2D eigenvalue weighted by molar-refractivity contribution is -0.140. The molecule has 0 aliphatic heterocycles. The Morgan fingerprint density at radius 2 is 1.81 bits per heavy atom. The van der Waals surface area contributed by atoms with E-state index in [-0.39, 0.29) is 11.5 Å². The standard InChI is InChI=1S/C27H27N3O2/c1-32-24(31)13-8-19-14-17-30-23(18-19)29-25(26(30)21-6-3-2-4-7-21)20-9-11-22(12-10-20)27(28)15-5-16-27/h2-4,6-7,9-12,14,17-18H,5,8,13,15-16,28H2,1H3. The normalized spacial score (nSPS) is 14.8. The van der Waals surface area contributed by atoms with Crippen molar-refractivity contribution in [1.82, 2.24) is 9.38 Å². The van der Waals surface area contributed by atoms with Crippen LogP contribution >= 0.6 is 0 Å². The number of pyridine rings is 1. The maximum atomic E-state index is 11.5. The average Bonchev–Trinajstić information content (AvgIpc) is 3.20. The minimum absolute atomic E-state index is 0.172. The number of hydrogen-bond donors (Lipinski definition) is 1.